The molecule has 0 aromatic heterocycles. The molecule has 0 aliphatic carbocycles. The molecule has 4 atom stereocenters. The molecule has 0 radical (unpaired) electrons. The number of nitrogens with two attached hydrogens (primary N) is 1. The highest BCUT2D eigenvalue weighted by Gasteiger charge is 2.18. The summed E-state index contributed by atoms with van der Waals surface area (Å²) in [5, 5.41) is 39.2. The summed E-state index contributed by atoms with van der Waals surface area (Å²) in [7, 11) is 0. The van der Waals surface area contributed by atoms with E-state index < -0.39 is 24.4 Å². The lowest BCUT2D eigenvalue weighted by atomic mass is 9.92. The predicted octanol–water partition coefficient (Wildman–Crippen LogP) is 0.556. The van der Waals surface area contributed by atoms with Gasteiger partial charge in [-0.3, -0.25) is 4.90 Å². The highest BCUT2D eigenvalue weighted by molar-refractivity contribution is 5.40. The Kier molecular flexibility index (Phi) is 9.71. The van der Waals surface area contributed by atoms with Crippen LogP contribution >= 0.6 is 0 Å². The Morgan fingerprint density at radius 3 is 1.73 bits per heavy atom. The molecule has 0 saturated carbocycles. The third-order valence-electron chi connectivity index (χ3n) is 4.19. The third kappa shape index (κ3) is 8.12. The van der Waals surface area contributed by atoms with Gasteiger partial charge >= 0.3 is 0 Å². The molecule has 0 aliphatic rings. The second kappa shape index (κ2) is 11.0. The summed E-state index contributed by atoms with van der Waals surface area (Å²) < 4.78 is 0. The summed E-state index contributed by atoms with van der Waals surface area (Å²) in [5.41, 5.74) is 9.99. The predicted molar refractivity (Wildman–Crippen MR) is 104 cm³/mol. The second-order valence-corrected chi connectivity index (χ2v) is 7.60. The Balaban J connectivity index is 3.26. The van der Waals surface area contributed by atoms with E-state index in [1.165, 1.54) is 0 Å². The number of aliphatic hydroxyl groups excluding tert-OH is 4. The normalized spacial score (nSPS) is 16.5. The number of hydrogen-bond acceptors (Lipinski definition) is 6. The second-order valence-electron chi connectivity index (χ2n) is 7.60. The quantitative estimate of drug-likeness (QED) is 0.390. The lowest BCUT2D eigenvalue weighted by Gasteiger charge is -2.28. The SMILES string of the molecule is CC(O)Cc1cc(CN)c(CN(CC(C)O)CC(C)O)c(CC(C)O)c1. The van der Waals surface area contributed by atoms with Crippen molar-refractivity contribution in [3.63, 3.8) is 0 Å². The van der Waals surface area contributed by atoms with Gasteiger partial charge in [-0.05, 0) is 62.8 Å². The average Bonchev–Trinajstić information content (AvgIpc) is 2.46. The van der Waals surface area contributed by atoms with Gasteiger partial charge in [0.2, 0.25) is 0 Å². The molecule has 6 N–H and O–H groups in total. The molecule has 26 heavy (non-hydrogen) atoms. The standard InChI is InChI=1S/C20H36N2O4/c1-13(23)5-17-7-18(6-14(2)24)20(19(8-17)9-21)12-22(10-15(3)25)11-16(4)26/h7-8,13-16,23-26H,5-6,9-12,21H2,1-4H3. The molecule has 6 heteroatoms. The zero-order chi connectivity index (χ0) is 19.9. The van der Waals surface area contributed by atoms with Gasteiger partial charge in [-0.25, -0.2) is 0 Å². The monoisotopic (exact) mass is 368 g/mol. The fraction of sp³-hybridized carbons (Fsp3) is 0.700. The van der Waals surface area contributed by atoms with E-state index in [1.807, 2.05) is 17.0 Å². The van der Waals surface area contributed by atoms with Gasteiger partial charge in [0.15, 0.2) is 0 Å². The lowest BCUT2D eigenvalue weighted by molar-refractivity contribution is 0.0789. The molecule has 0 aliphatic heterocycles. The van der Waals surface area contributed by atoms with E-state index in [0.29, 0.717) is 39.0 Å². The molecular formula is C20H36N2O4. The summed E-state index contributed by atoms with van der Waals surface area (Å²) in [4.78, 5) is 2.00. The van der Waals surface area contributed by atoms with Crippen molar-refractivity contribution in [3.8, 4) is 0 Å². The molecule has 6 nitrogen and oxygen atoms in total. The molecule has 0 heterocycles. The maximum Gasteiger partial charge on any atom is 0.0639 e. The summed E-state index contributed by atoms with van der Waals surface area (Å²) in [6.45, 7) is 8.72. The maximum atomic E-state index is 9.92. The number of rotatable bonds is 11. The van der Waals surface area contributed by atoms with Crippen molar-refractivity contribution in [2.45, 2.75) is 78.0 Å². The molecule has 4 unspecified atom stereocenters. The number of aliphatic hydroxyl groups is 4. The molecule has 0 amide bonds. The summed E-state index contributed by atoms with van der Waals surface area (Å²) >= 11 is 0. The Bertz CT molecular complexity index is 535. The van der Waals surface area contributed by atoms with Crippen LogP contribution in [0.2, 0.25) is 0 Å². The first-order chi connectivity index (χ1) is 12.1. The van der Waals surface area contributed by atoms with Crippen molar-refractivity contribution in [1.29, 1.82) is 0 Å². The lowest BCUT2D eigenvalue weighted by Crippen LogP contribution is -2.36. The topological polar surface area (TPSA) is 110 Å². The number of nitrogens with zero attached hydrogens (tertiary/aromatic N) is 1. The molecule has 0 bridgehead atoms. The van der Waals surface area contributed by atoms with Crippen molar-refractivity contribution in [2.24, 2.45) is 5.73 Å². The largest absolute Gasteiger partial charge is 0.393 e. The van der Waals surface area contributed by atoms with Crippen molar-refractivity contribution < 1.29 is 20.4 Å². The molecule has 0 spiro atoms. The van der Waals surface area contributed by atoms with E-state index in [0.717, 1.165) is 22.3 Å². The highest BCUT2D eigenvalue weighted by Crippen LogP contribution is 2.23. The molecule has 1 rings (SSSR count). The van der Waals surface area contributed by atoms with Crippen LogP contribution in [0.3, 0.4) is 0 Å². The van der Waals surface area contributed by atoms with Crippen LogP contribution in [0.5, 0.6) is 0 Å². The van der Waals surface area contributed by atoms with E-state index in [-0.39, 0.29) is 0 Å². The molecule has 1 aromatic rings. The van der Waals surface area contributed by atoms with Crippen LogP contribution in [-0.4, -0.2) is 62.8 Å². The minimum Gasteiger partial charge on any atom is -0.393 e. The van der Waals surface area contributed by atoms with E-state index in [1.54, 1.807) is 27.7 Å². The minimum atomic E-state index is -0.509. The van der Waals surface area contributed by atoms with Crippen LogP contribution in [0.15, 0.2) is 12.1 Å². The maximum absolute atomic E-state index is 9.92. The van der Waals surface area contributed by atoms with Crippen molar-refractivity contribution in [3.05, 3.63) is 34.4 Å². The molecule has 1 aromatic carbocycles. The average molecular weight is 369 g/mol. The van der Waals surface area contributed by atoms with Crippen molar-refractivity contribution in [2.75, 3.05) is 13.1 Å². The van der Waals surface area contributed by atoms with Gasteiger partial charge in [0.1, 0.15) is 0 Å². The third-order valence-corrected chi connectivity index (χ3v) is 4.19. The zero-order valence-corrected chi connectivity index (χ0v) is 16.5. The van der Waals surface area contributed by atoms with Gasteiger partial charge < -0.3 is 26.2 Å². The Morgan fingerprint density at radius 1 is 0.808 bits per heavy atom. The van der Waals surface area contributed by atoms with E-state index in [9.17, 15) is 20.4 Å². The first-order valence-corrected chi connectivity index (χ1v) is 9.40. The number of benzene rings is 1. The summed E-state index contributed by atoms with van der Waals surface area (Å²) in [6, 6.07) is 4.04. The van der Waals surface area contributed by atoms with Crippen LogP contribution in [0.4, 0.5) is 0 Å². The minimum absolute atomic E-state index is 0.354. The Hall–Kier alpha value is -1.02. The molecule has 150 valence electrons. The smallest absolute Gasteiger partial charge is 0.0639 e. The van der Waals surface area contributed by atoms with Gasteiger partial charge in [-0.2, -0.15) is 0 Å². The first-order valence-electron chi connectivity index (χ1n) is 9.40. The molecule has 0 fully saturated rings. The van der Waals surface area contributed by atoms with Crippen LogP contribution in [0, 0.1) is 0 Å². The van der Waals surface area contributed by atoms with E-state index in [2.05, 4.69) is 0 Å². The Morgan fingerprint density at radius 2 is 1.31 bits per heavy atom. The highest BCUT2D eigenvalue weighted by atomic mass is 16.3. The Labute approximate surface area is 157 Å². The van der Waals surface area contributed by atoms with Crippen LogP contribution in [0.1, 0.15) is 49.9 Å². The van der Waals surface area contributed by atoms with Crippen LogP contribution < -0.4 is 5.73 Å². The molecular weight excluding hydrogens is 332 g/mol. The first kappa shape index (κ1) is 23.0. The van der Waals surface area contributed by atoms with Gasteiger partial charge in [0.25, 0.3) is 0 Å². The van der Waals surface area contributed by atoms with E-state index >= 15 is 0 Å². The zero-order valence-electron chi connectivity index (χ0n) is 16.5. The summed E-state index contributed by atoms with van der Waals surface area (Å²) in [6.07, 6.45) is -0.941. The van der Waals surface area contributed by atoms with Crippen LogP contribution in [-0.2, 0) is 25.9 Å². The van der Waals surface area contributed by atoms with Crippen molar-refractivity contribution >= 4 is 0 Å². The van der Waals surface area contributed by atoms with Gasteiger partial charge in [0.05, 0.1) is 24.4 Å². The van der Waals surface area contributed by atoms with Crippen molar-refractivity contribution in [1.82, 2.24) is 4.90 Å². The van der Waals surface area contributed by atoms with E-state index in [4.69, 9.17) is 5.73 Å². The van der Waals surface area contributed by atoms with Gasteiger partial charge in [-0.1, -0.05) is 12.1 Å². The fourth-order valence-electron chi connectivity index (χ4n) is 3.39. The fourth-order valence-corrected chi connectivity index (χ4v) is 3.39. The summed E-state index contributed by atoms with van der Waals surface area (Å²) in [5.74, 6) is 0. The molecule has 0 saturated heterocycles. The van der Waals surface area contributed by atoms with Crippen LogP contribution in [0.25, 0.3) is 0 Å². The van der Waals surface area contributed by atoms with Gasteiger partial charge in [0, 0.05) is 26.2 Å². The number of hydrogen-bond donors (Lipinski definition) is 5. The van der Waals surface area contributed by atoms with Gasteiger partial charge in [-0.15, -0.1) is 0 Å².